The van der Waals surface area contributed by atoms with Crippen molar-refractivity contribution in [2.75, 3.05) is 11.6 Å². The highest BCUT2D eigenvalue weighted by atomic mass is 32.2. The van der Waals surface area contributed by atoms with Crippen LogP contribution in [0, 0.1) is 0 Å². The molecule has 2 aromatic carbocycles. The van der Waals surface area contributed by atoms with E-state index < -0.39 is 52.5 Å². The Morgan fingerprint density at radius 2 is 1.44 bits per heavy atom. The Hall–Kier alpha value is -3.16. The van der Waals surface area contributed by atoms with Crippen LogP contribution in [-0.2, 0) is 18.5 Å². The number of benzene rings is 2. The summed E-state index contributed by atoms with van der Waals surface area (Å²) in [6.07, 6.45) is -13.8. The molecule has 1 N–H and O–H groups in total. The minimum atomic E-state index is -5.31. The van der Waals surface area contributed by atoms with Crippen LogP contribution in [0.5, 0.6) is 0 Å². The summed E-state index contributed by atoms with van der Waals surface area (Å²) in [6, 6.07) is 6.35. The predicted octanol–water partition coefficient (Wildman–Crippen LogP) is 6.75. The van der Waals surface area contributed by atoms with Gasteiger partial charge in [0.2, 0.25) is 5.95 Å². The zero-order valence-electron chi connectivity index (χ0n) is 16.7. The van der Waals surface area contributed by atoms with Crippen molar-refractivity contribution in [1.82, 2.24) is 9.55 Å². The molecular formula is C20H12F9N3OS. The fraction of sp³-hybridized carbons (Fsp3) is 0.200. The molecule has 3 aromatic rings. The van der Waals surface area contributed by atoms with E-state index in [9.17, 15) is 44.3 Å². The van der Waals surface area contributed by atoms with Gasteiger partial charge in [0.05, 0.1) is 22.5 Å². The first-order chi connectivity index (χ1) is 15.6. The molecule has 0 unspecified atom stereocenters. The number of halogens is 9. The molecule has 0 amide bonds. The fourth-order valence-corrected chi connectivity index (χ4v) is 3.28. The van der Waals surface area contributed by atoms with Gasteiger partial charge in [-0.2, -0.15) is 39.5 Å². The second-order valence-electron chi connectivity index (χ2n) is 6.72. The number of hydrogen-bond donors (Lipinski definition) is 1. The van der Waals surface area contributed by atoms with E-state index in [1.54, 1.807) is 6.26 Å². The molecule has 4 nitrogen and oxygen atoms in total. The van der Waals surface area contributed by atoms with E-state index in [0.29, 0.717) is 21.6 Å². The average molecular weight is 513 g/mol. The Morgan fingerprint density at radius 3 is 1.94 bits per heavy atom. The highest BCUT2D eigenvalue weighted by Crippen LogP contribution is 2.40. The van der Waals surface area contributed by atoms with E-state index in [0.717, 1.165) is 0 Å². The normalized spacial score (nSPS) is 12.6. The van der Waals surface area contributed by atoms with Crippen LogP contribution in [0.4, 0.5) is 51.1 Å². The minimum absolute atomic E-state index is 0.0352. The van der Waals surface area contributed by atoms with Gasteiger partial charge in [-0.25, -0.2) is 9.55 Å². The van der Waals surface area contributed by atoms with E-state index in [4.69, 9.17) is 0 Å². The van der Waals surface area contributed by atoms with Crippen LogP contribution in [0.25, 0.3) is 5.69 Å². The van der Waals surface area contributed by atoms with Crippen molar-refractivity contribution in [1.29, 1.82) is 0 Å². The lowest BCUT2D eigenvalue weighted by Gasteiger charge is -2.20. The minimum Gasteiger partial charge on any atom is -0.325 e. The Balaban J connectivity index is 2.24. The first kappa shape index (κ1) is 25.5. The summed E-state index contributed by atoms with van der Waals surface area (Å²) < 4.78 is 120. The van der Waals surface area contributed by atoms with Crippen molar-refractivity contribution < 1.29 is 39.5 Å². The maximum atomic E-state index is 13.5. The Kier molecular flexibility index (Phi) is 6.66. The van der Waals surface area contributed by atoms with Crippen LogP contribution >= 0.6 is 11.8 Å². The topological polar surface area (TPSA) is 46.9 Å². The molecule has 0 atom stereocenters. The van der Waals surface area contributed by atoms with Gasteiger partial charge in [-0.1, -0.05) is 0 Å². The van der Waals surface area contributed by atoms with Crippen LogP contribution in [0.3, 0.4) is 0 Å². The van der Waals surface area contributed by atoms with Gasteiger partial charge in [0.15, 0.2) is 5.69 Å². The summed E-state index contributed by atoms with van der Waals surface area (Å²) >= 11 is 1.31. The van der Waals surface area contributed by atoms with Gasteiger partial charge in [0, 0.05) is 11.0 Å². The third kappa shape index (κ3) is 5.48. The number of aromatic nitrogens is 2. The fourth-order valence-electron chi connectivity index (χ4n) is 2.88. The van der Waals surface area contributed by atoms with Gasteiger partial charge in [-0.05, 0) is 48.7 Å². The van der Waals surface area contributed by atoms with E-state index in [2.05, 4.69) is 4.98 Å². The van der Waals surface area contributed by atoms with Crippen LogP contribution < -0.4 is 10.9 Å². The van der Waals surface area contributed by atoms with E-state index in [-0.39, 0.29) is 17.8 Å². The van der Waals surface area contributed by atoms with Gasteiger partial charge in [-0.3, -0.25) is 4.79 Å². The molecule has 1 heterocycles. The van der Waals surface area contributed by atoms with E-state index >= 15 is 0 Å². The van der Waals surface area contributed by atoms with Gasteiger partial charge < -0.3 is 5.32 Å². The van der Waals surface area contributed by atoms with Crippen LogP contribution in [0.1, 0.15) is 16.8 Å². The number of anilines is 2. The molecular weight excluding hydrogens is 501 g/mol. The van der Waals surface area contributed by atoms with Crippen LogP contribution in [-0.4, -0.2) is 15.8 Å². The summed E-state index contributed by atoms with van der Waals surface area (Å²) in [5.74, 6) is -0.970. The average Bonchev–Trinajstić information content (AvgIpc) is 2.72. The van der Waals surface area contributed by atoms with E-state index in [1.165, 1.54) is 36.0 Å². The number of hydrogen-bond acceptors (Lipinski definition) is 4. The Morgan fingerprint density at radius 1 is 0.824 bits per heavy atom. The van der Waals surface area contributed by atoms with Gasteiger partial charge >= 0.3 is 18.5 Å². The van der Waals surface area contributed by atoms with Crippen LogP contribution in [0.2, 0.25) is 0 Å². The second kappa shape index (κ2) is 8.89. The first-order valence-corrected chi connectivity index (χ1v) is 10.2. The lowest BCUT2D eigenvalue weighted by atomic mass is 10.1. The highest BCUT2D eigenvalue weighted by Gasteiger charge is 2.39. The molecule has 0 fully saturated rings. The smallest absolute Gasteiger partial charge is 0.325 e. The van der Waals surface area contributed by atoms with Crippen molar-refractivity contribution in [3.8, 4) is 5.69 Å². The summed E-state index contributed by atoms with van der Waals surface area (Å²) in [7, 11) is 0. The molecule has 0 aliphatic carbocycles. The zero-order valence-corrected chi connectivity index (χ0v) is 17.5. The SMILES string of the molecule is CSc1ccc(-n2c(Nc3ccc(C(F)(F)F)cc3C(F)(F)F)nc(C(F)(F)F)cc2=O)cc1. The molecule has 0 aliphatic rings. The van der Waals surface area contributed by atoms with Crippen molar-refractivity contribution in [3.05, 3.63) is 75.7 Å². The highest BCUT2D eigenvalue weighted by molar-refractivity contribution is 7.98. The number of thioether (sulfide) groups is 1. The van der Waals surface area contributed by atoms with Crippen molar-refractivity contribution in [2.24, 2.45) is 0 Å². The largest absolute Gasteiger partial charge is 0.433 e. The number of nitrogens with one attached hydrogen (secondary N) is 1. The van der Waals surface area contributed by atoms with Gasteiger partial charge in [-0.15, -0.1) is 11.8 Å². The maximum absolute atomic E-state index is 13.5. The summed E-state index contributed by atoms with van der Waals surface area (Å²) in [5.41, 5.74) is -7.46. The lowest BCUT2D eigenvalue weighted by molar-refractivity contribution is -0.143. The summed E-state index contributed by atoms with van der Waals surface area (Å²) in [5, 5.41) is 1.97. The number of alkyl halides is 9. The van der Waals surface area contributed by atoms with Gasteiger partial charge in [0.25, 0.3) is 5.56 Å². The predicted molar refractivity (Wildman–Crippen MR) is 106 cm³/mol. The summed E-state index contributed by atoms with van der Waals surface area (Å²) in [6.45, 7) is 0. The van der Waals surface area contributed by atoms with Crippen molar-refractivity contribution >= 4 is 23.4 Å². The van der Waals surface area contributed by atoms with Crippen molar-refractivity contribution in [3.63, 3.8) is 0 Å². The molecule has 14 heteroatoms. The molecule has 34 heavy (non-hydrogen) atoms. The van der Waals surface area contributed by atoms with Gasteiger partial charge in [0.1, 0.15) is 0 Å². The number of rotatable bonds is 4. The van der Waals surface area contributed by atoms with Crippen molar-refractivity contribution in [2.45, 2.75) is 23.4 Å². The molecule has 0 aliphatic heterocycles. The third-order valence-electron chi connectivity index (χ3n) is 4.44. The molecule has 0 spiro atoms. The first-order valence-electron chi connectivity index (χ1n) is 9.02. The molecule has 0 bridgehead atoms. The molecule has 182 valence electrons. The maximum Gasteiger partial charge on any atom is 0.433 e. The molecule has 0 saturated carbocycles. The molecule has 1 aromatic heterocycles. The zero-order chi connectivity index (χ0) is 25.5. The number of nitrogens with zero attached hydrogens (tertiary/aromatic N) is 2. The molecule has 0 radical (unpaired) electrons. The Labute approximate surface area is 189 Å². The Bertz CT molecular complexity index is 1250. The van der Waals surface area contributed by atoms with Crippen LogP contribution in [0.15, 0.2) is 58.2 Å². The third-order valence-corrected chi connectivity index (χ3v) is 5.18. The second-order valence-corrected chi connectivity index (χ2v) is 7.59. The lowest BCUT2D eigenvalue weighted by Crippen LogP contribution is -2.26. The monoisotopic (exact) mass is 513 g/mol. The molecule has 0 saturated heterocycles. The quantitative estimate of drug-likeness (QED) is 0.310. The summed E-state index contributed by atoms with van der Waals surface area (Å²) in [4.78, 5) is 16.5. The standard InChI is InChI=1S/C20H12F9N3OS/c1-34-12-5-3-11(4-6-12)32-16(33)9-15(20(27,28)29)31-17(32)30-14-7-2-10(18(21,22)23)8-13(14)19(24,25)26/h2-9H,1H3,(H,30,31). The van der Waals surface area contributed by atoms with E-state index in [1.807, 2.05) is 5.32 Å². The molecule has 3 rings (SSSR count).